The van der Waals surface area contributed by atoms with Crippen molar-refractivity contribution in [3.05, 3.63) is 28.2 Å². The van der Waals surface area contributed by atoms with Crippen LogP contribution in [0, 0.1) is 18.3 Å². The maximum Gasteiger partial charge on any atom is 0.0481 e. The van der Waals surface area contributed by atoms with E-state index in [1.807, 2.05) is 0 Å². The average molecular weight is 312 g/mol. The van der Waals surface area contributed by atoms with Gasteiger partial charge < -0.3 is 10.0 Å². The van der Waals surface area contributed by atoms with Crippen molar-refractivity contribution in [2.75, 3.05) is 24.6 Å². The van der Waals surface area contributed by atoms with Gasteiger partial charge in [-0.1, -0.05) is 29.8 Å². The van der Waals surface area contributed by atoms with Crippen LogP contribution < -0.4 is 4.90 Å². The molecule has 1 unspecified atom stereocenters. The Hall–Kier alpha value is -0.540. The Balaban J connectivity index is 2.18. The largest absolute Gasteiger partial charge is 0.396 e. The molecule has 0 radical (unpaired) electrons. The molecule has 1 aromatic rings. The third-order valence-corrected chi connectivity index (χ3v) is 5.19. The smallest absolute Gasteiger partial charge is 0.0481 e. The summed E-state index contributed by atoms with van der Waals surface area (Å²) in [6, 6.07) is 6.49. The molecule has 3 heteroatoms. The van der Waals surface area contributed by atoms with Crippen molar-refractivity contribution in [3.63, 3.8) is 0 Å². The first kappa shape index (κ1) is 13.9. The predicted molar refractivity (Wildman–Crippen MR) is 80.1 cm³/mol. The number of aryl methyl sites for hydroxylation is 1. The van der Waals surface area contributed by atoms with Crippen molar-refractivity contribution in [1.82, 2.24) is 0 Å². The molecule has 0 aromatic heterocycles. The zero-order chi connectivity index (χ0) is 13.3. The summed E-state index contributed by atoms with van der Waals surface area (Å²) in [4.78, 5) is 2.39. The van der Waals surface area contributed by atoms with Crippen LogP contribution in [0.25, 0.3) is 0 Å². The van der Waals surface area contributed by atoms with E-state index >= 15 is 0 Å². The van der Waals surface area contributed by atoms with Crippen LogP contribution in [0.4, 0.5) is 5.69 Å². The van der Waals surface area contributed by atoms with Gasteiger partial charge in [0.15, 0.2) is 0 Å². The lowest BCUT2D eigenvalue weighted by molar-refractivity contribution is 0.0967. The zero-order valence-corrected chi connectivity index (χ0v) is 13.0. The van der Waals surface area contributed by atoms with E-state index in [1.54, 1.807) is 0 Å². The van der Waals surface area contributed by atoms with Gasteiger partial charge >= 0.3 is 0 Å². The number of halogens is 1. The molecule has 0 aliphatic carbocycles. The van der Waals surface area contributed by atoms with Gasteiger partial charge in [0.1, 0.15) is 0 Å². The molecule has 1 aliphatic rings. The Morgan fingerprint density at radius 3 is 2.78 bits per heavy atom. The Morgan fingerprint density at radius 2 is 2.17 bits per heavy atom. The van der Waals surface area contributed by atoms with E-state index in [0.29, 0.717) is 5.92 Å². The number of hydrogen-bond donors (Lipinski definition) is 1. The molecule has 0 bridgehead atoms. The standard InChI is InChI=1S/C15H22BrNO/c1-11-8-13(4-5-14(11)16)17-7-6-15(2,3)12(9-17)10-18/h4-5,8,12,18H,6-7,9-10H2,1-3H3. The van der Waals surface area contributed by atoms with Crippen molar-refractivity contribution in [3.8, 4) is 0 Å². The van der Waals surface area contributed by atoms with Crippen molar-refractivity contribution in [2.24, 2.45) is 11.3 Å². The van der Waals surface area contributed by atoms with Gasteiger partial charge in [0.2, 0.25) is 0 Å². The molecule has 0 spiro atoms. The lowest BCUT2D eigenvalue weighted by Crippen LogP contribution is -2.46. The summed E-state index contributed by atoms with van der Waals surface area (Å²) in [6.07, 6.45) is 1.13. The summed E-state index contributed by atoms with van der Waals surface area (Å²) in [6.45, 7) is 8.94. The number of piperidine rings is 1. The lowest BCUT2D eigenvalue weighted by Gasteiger charge is -2.44. The molecule has 2 nitrogen and oxygen atoms in total. The number of anilines is 1. The zero-order valence-electron chi connectivity index (χ0n) is 11.4. The van der Waals surface area contributed by atoms with Crippen LogP contribution in [0.15, 0.2) is 22.7 Å². The van der Waals surface area contributed by atoms with E-state index in [9.17, 15) is 5.11 Å². The Labute approximate surface area is 118 Å². The fourth-order valence-corrected chi connectivity index (χ4v) is 2.84. The monoisotopic (exact) mass is 311 g/mol. The number of nitrogens with zero attached hydrogens (tertiary/aromatic N) is 1. The Kier molecular flexibility index (Phi) is 4.02. The highest BCUT2D eigenvalue weighted by Gasteiger charge is 2.35. The summed E-state index contributed by atoms with van der Waals surface area (Å²) in [5.41, 5.74) is 2.78. The molecule has 0 amide bonds. The Bertz CT molecular complexity index is 431. The second-order valence-corrected chi connectivity index (χ2v) is 6.85. The van der Waals surface area contributed by atoms with Gasteiger partial charge in [-0.2, -0.15) is 0 Å². The first-order valence-corrected chi connectivity index (χ1v) is 7.35. The van der Waals surface area contributed by atoms with Crippen LogP contribution in [-0.2, 0) is 0 Å². The number of hydrogen-bond acceptors (Lipinski definition) is 2. The highest BCUT2D eigenvalue weighted by Crippen LogP contribution is 2.37. The second kappa shape index (κ2) is 5.22. The molecule has 0 saturated carbocycles. The maximum absolute atomic E-state index is 9.56. The maximum atomic E-state index is 9.56. The first-order chi connectivity index (χ1) is 8.44. The van der Waals surface area contributed by atoms with Gasteiger partial charge in [-0.15, -0.1) is 0 Å². The van der Waals surface area contributed by atoms with E-state index < -0.39 is 0 Å². The van der Waals surface area contributed by atoms with Gasteiger partial charge in [-0.05, 0) is 42.5 Å². The molecule has 1 N–H and O–H groups in total. The molecule has 1 fully saturated rings. The van der Waals surface area contributed by atoms with E-state index in [1.165, 1.54) is 11.3 Å². The minimum absolute atomic E-state index is 0.246. The van der Waals surface area contributed by atoms with E-state index in [-0.39, 0.29) is 12.0 Å². The number of benzene rings is 1. The van der Waals surface area contributed by atoms with Crippen LogP contribution in [0.5, 0.6) is 0 Å². The molecule has 1 heterocycles. The Morgan fingerprint density at radius 1 is 1.44 bits per heavy atom. The third kappa shape index (κ3) is 2.72. The molecule has 100 valence electrons. The lowest BCUT2D eigenvalue weighted by atomic mass is 9.73. The van der Waals surface area contributed by atoms with Gasteiger partial charge in [0, 0.05) is 35.8 Å². The third-order valence-electron chi connectivity index (χ3n) is 4.30. The van der Waals surface area contributed by atoms with Crippen LogP contribution in [0.3, 0.4) is 0 Å². The van der Waals surface area contributed by atoms with Gasteiger partial charge in [-0.3, -0.25) is 0 Å². The van der Waals surface area contributed by atoms with E-state index in [2.05, 4.69) is 59.8 Å². The minimum atomic E-state index is 0.246. The van der Waals surface area contributed by atoms with Gasteiger partial charge in [0.25, 0.3) is 0 Å². The van der Waals surface area contributed by atoms with Crippen LogP contribution in [0.2, 0.25) is 0 Å². The summed E-state index contributed by atoms with van der Waals surface area (Å²) >= 11 is 3.54. The predicted octanol–water partition coefficient (Wildman–Crippen LogP) is 3.60. The van der Waals surface area contributed by atoms with Crippen LogP contribution in [-0.4, -0.2) is 24.8 Å². The number of rotatable bonds is 2. The highest BCUT2D eigenvalue weighted by atomic mass is 79.9. The van der Waals surface area contributed by atoms with Gasteiger partial charge in [-0.25, -0.2) is 0 Å². The average Bonchev–Trinajstić information content (AvgIpc) is 2.32. The number of aliphatic hydroxyl groups is 1. The normalized spacial score (nSPS) is 23.2. The molecular formula is C15H22BrNO. The van der Waals surface area contributed by atoms with Crippen molar-refractivity contribution < 1.29 is 5.11 Å². The quantitative estimate of drug-likeness (QED) is 0.902. The number of aliphatic hydroxyl groups excluding tert-OH is 1. The topological polar surface area (TPSA) is 23.5 Å². The van der Waals surface area contributed by atoms with Crippen molar-refractivity contribution in [1.29, 1.82) is 0 Å². The summed E-state index contributed by atoms with van der Waals surface area (Å²) in [5.74, 6) is 0.357. The molecule has 2 rings (SSSR count). The second-order valence-electron chi connectivity index (χ2n) is 6.00. The molecule has 1 aliphatic heterocycles. The SMILES string of the molecule is Cc1cc(N2CCC(C)(C)C(CO)C2)ccc1Br. The highest BCUT2D eigenvalue weighted by molar-refractivity contribution is 9.10. The summed E-state index contributed by atoms with van der Waals surface area (Å²) in [7, 11) is 0. The summed E-state index contributed by atoms with van der Waals surface area (Å²) in [5, 5.41) is 9.56. The van der Waals surface area contributed by atoms with E-state index in [4.69, 9.17) is 0 Å². The van der Waals surface area contributed by atoms with Gasteiger partial charge in [0.05, 0.1) is 0 Å². The van der Waals surface area contributed by atoms with Crippen molar-refractivity contribution >= 4 is 21.6 Å². The fourth-order valence-electron chi connectivity index (χ4n) is 2.60. The molecule has 18 heavy (non-hydrogen) atoms. The molecule has 1 atom stereocenters. The molecular weight excluding hydrogens is 290 g/mol. The van der Waals surface area contributed by atoms with Crippen LogP contribution in [0.1, 0.15) is 25.8 Å². The fraction of sp³-hybridized carbons (Fsp3) is 0.600. The van der Waals surface area contributed by atoms with Crippen LogP contribution >= 0.6 is 15.9 Å². The first-order valence-electron chi connectivity index (χ1n) is 6.56. The van der Waals surface area contributed by atoms with Crippen molar-refractivity contribution in [2.45, 2.75) is 27.2 Å². The minimum Gasteiger partial charge on any atom is -0.396 e. The summed E-state index contributed by atoms with van der Waals surface area (Å²) < 4.78 is 1.15. The van der Waals surface area contributed by atoms with E-state index in [0.717, 1.165) is 24.0 Å². The molecule has 1 saturated heterocycles. The molecule has 1 aromatic carbocycles.